The van der Waals surface area contributed by atoms with Crippen molar-refractivity contribution in [3.05, 3.63) is 33.3 Å². The molecule has 0 radical (unpaired) electrons. The first-order chi connectivity index (χ1) is 6.20. The number of rotatable bonds is 0. The normalized spacial score (nSPS) is 9.86. The molecule has 0 aliphatic carbocycles. The zero-order chi connectivity index (χ0) is 9.42. The molecule has 1 aromatic carbocycles. The standard InChI is InChI=1S/C9H5Br2NO.Mg.2H/c10-6-4-7(11)9(13)8-5(6)2-1-3-12-8;;;/h1-4,13H;;;. The minimum Gasteiger partial charge on any atom is -0.505 e. The molecule has 0 spiro atoms. The first-order valence-corrected chi connectivity index (χ1v) is 5.20. The van der Waals surface area contributed by atoms with E-state index >= 15 is 0 Å². The molecule has 0 atom stereocenters. The topological polar surface area (TPSA) is 33.1 Å². The van der Waals surface area contributed by atoms with Crippen LogP contribution in [-0.4, -0.2) is 33.1 Å². The van der Waals surface area contributed by atoms with Gasteiger partial charge in [0.1, 0.15) is 5.52 Å². The largest absolute Gasteiger partial charge is 0.505 e. The highest BCUT2D eigenvalue weighted by atomic mass is 79.9. The number of phenols is 1. The number of aromatic hydroxyl groups is 1. The molecule has 14 heavy (non-hydrogen) atoms. The van der Waals surface area contributed by atoms with Gasteiger partial charge in [-0.3, -0.25) is 4.98 Å². The minimum absolute atomic E-state index is 0. The van der Waals surface area contributed by atoms with Gasteiger partial charge in [-0.25, -0.2) is 0 Å². The molecule has 1 heterocycles. The Morgan fingerprint density at radius 3 is 2.64 bits per heavy atom. The Balaban J connectivity index is 0.000000980. The monoisotopic (exact) mass is 327 g/mol. The van der Waals surface area contributed by atoms with Crippen LogP contribution in [0.1, 0.15) is 0 Å². The van der Waals surface area contributed by atoms with Crippen molar-refractivity contribution in [3.63, 3.8) is 0 Å². The Morgan fingerprint density at radius 1 is 1.21 bits per heavy atom. The van der Waals surface area contributed by atoms with Gasteiger partial charge in [-0.2, -0.15) is 0 Å². The summed E-state index contributed by atoms with van der Waals surface area (Å²) in [6.45, 7) is 0. The Bertz CT molecular complexity index is 476. The average molecular weight is 329 g/mol. The molecule has 0 aliphatic heterocycles. The van der Waals surface area contributed by atoms with Crippen molar-refractivity contribution >= 4 is 65.8 Å². The molecule has 0 amide bonds. The van der Waals surface area contributed by atoms with Gasteiger partial charge < -0.3 is 5.11 Å². The highest BCUT2D eigenvalue weighted by Crippen LogP contribution is 2.35. The predicted octanol–water partition coefficient (Wildman–Crippen LogP) is 2.55. The zero-order valence-electron chi connectivity index (χ0n) is 6.46. The van der Waals surface area contributed by atoms with Gasteiger partial charge in [-0.1, -0.05) is 22.0 Å². The number of halogens is 2. The predicted molar refractivity (Wildman–Crippen MR) is 67.4 cm³/mol. The first kappa shape index (κ1) is 12.2. The molecule has 0 bridgehead atoms. The van der Waals surface area contributed by atoms with Crippen LogP contribution in [0.3, 0.4) is 0 Å². The minimum atomic E-state index is 0. The Kier molecular flexibility index (Phi) is 4.18. The highest BCUT2D eigenvalue weighted by molar-refractivity contribution is 9.11. The smallest absolute Gasteiger partial charge is 0.316 e. The Hall–Kier alpha value is 0.156. The van der Waals surface area contributed by atoms with E-state index < -0.39 is 0 Å². The fourth-order valence-corrected chi connectivity index (χ4v) is 2.43. The summed E-state index contributed by atoms with van der Waals surface area (Å²) < 4.78 is 1.56. The maximum absolute atomic E-state index is 9.65. The van der Waals surface area contributed by atoms with Crippen molar-refractivity contribution < 1.29 is 5.11 Å². The summed E-state index contributed by atoms with van der Waals surface area (Å²) in [4.78, 5) is 4.09. The Labute approximate surface area is 114 Å². The number of aromatic nitrogens is 1. The number of phenolic OH excluding ortho intramolecular Hbond substituents is 1. The maximum atomic E-state index is 9.65. The van der Waals surface area contributed by atoms with E-state index in [1.807, 2.05) is 12.1 Å². The lowest BCUT2D eigenvalue weighted by Gasteiger charge is -2.03. The van der Waals surface area contributed by atoms with Crippen molar-refractivity contribution in [2.24, 2.45) is 0 Å². The van der Waals surface area contributed by atoms with Crippen molar-refractivity contribution in [3.8, 4) is 5.75 Å². The zero-order valence-corrected chi connectivity index (χ0v) is 9.63. The molecule has 0 fully saturated rings. The molecule has 5 heteroatoms. The summed E-state index contributed by atoms with van der Waals surface area (Å²) in [5.74, 6) is 0.179. The van der Waals surface area contributed by atoms with E-state index in [4.69, 9.17) is 0 Å². The van der Waals surface area contributed by atoms with Crippen LogP contribution in [0.15, 0.2) is 33.3 Å². The van der Waals surface area contributed by atoms with Crippen LogP contribution in [0.2, 0.25) is 0 Å². The number of pyridine rings is 1. The lowest BCUT2D eigenvalue weighted by Crippen LogP contribution is -1.81. The third kappa shape index (κ3) is 2.05. The second-order valence-electron chi connectivity index (χ2n) is 2.59. The summed E-state index contributed by atoms with van der Waals surface area (Å²) in [6.07, 6.45) is 1.65. The van der Waals surface area contributed by atoms with Crippen LogP contribution in [0.5, 0.6) is 5.75 Å². The maximum Gasteiger partial charge on any atom is 0.316 e. The fraction of sp³-hybridized carbons (Fsp3) is 0. The first-order valence-electron chi connectivity index (χ1n) is 3.62. The molecule has 1 N–H and O–H groups in total. The van der Waals surface area contributed by atoms with E-state index in [1.165, 1.54) is 0 Å². The van der Waals surface area contributed by atoms with Gasteiger partial charge in [0, 0.05) is 16.1 Å². The summed E-state index contributed by atoms with van der Waals surface area (Å²) in [5.41, 5.74) is 0.601. The van der Waals surface area contributed by atoms with Crippen LogP contribution >= 0.6 is 31.9 Å². The van der Waals surface area contributed by atoms with E-state index in [0.29, 0.717) is 9.99 Å². The molecule has 70 valence electrons. The molecule has 1 aromatic heterocycles. The number of benzene rings is 1. The molecule has 2 nitrogen and oxygen atoms in total. The quantitative estimate of drug-likeness (QED) is 0.754. The molecule has 0 saturated heterocycles. The summed E-state index contributed by atoms with van der Waals surface area (Å²) >= 11 is 6.65. The van der Waals surface area contributed by atoms with Gasteiger partial charge in [-0.05, 0) is 28.1 Å². The molecular weight excluding hydrogens is 322 g/mol. The SMILES string of the molecule is Oc1c(Br)cc(Br)c2cccnc12.[MgH2]. The lowest BCUT2D eigenvalue weighted by atomic mass is 10.2. The van der Waals surface area contributed by atoms with E-state index in [0.717, 1.165) is 9.86 Å². The number of fused-ring (bicyclic) bond motifs is 1. The van der Waals surface area contributed by atoms with Gasteiger partial charge in [-0.15, -0.1) is 0 Å². The molecule has 2 rings (SSSR count). The van der Waals surface area contributed by atoms with Crippen molar-refractivity contribution in [1.82, 2.24) is 4.98 Å². The van der Waals surface area contributed by atoms with E-state index in [9.17, 15) is 5.11 Å². The summed E-state index contributed by atoms with van der Waals surface area (Å²) in [6, 6.07) is 5.54. The summed E-state index contributed by atoms with van der Waals surface area (Å²) in [7, 11) is 0. The van der Waals surface area contributed by atoms with Crippen molar-refractivity contribution in [1.29, 1.82) is 0 Å². The van der Waals surface area contributed by atoms with Gasteiger partial charge in [0.2, 0.25) is 0 Å². The second kappa shape index (κ2) is 4.79. The molecule has 0 saturated carbocycles. The van der Waals surface area contributed by atoms with E-state index in [1.54, 1.807) is 12.3 Å². The van der Waals surface area contributed by atoms with E-state index in [2.05, 4.69) is 36.8 Å². The van der Waals surface area contributed by atoms with Gasteiger partial charge in [0.25, 0.3) is 0 Å². The third-order valence-corrected chi connectivity index (χ3v) is 3.03. The Morgan fingerprint density at radius 2 is 1.93 bits per heavy atom. The molecule has 0 aliphatic rings. The van der Waals surface area contributed by atoms with Crippen LogP contribution < -0.4 is 0 Å². The lowest BCUT2D eigenvalue weighted by molar-refractivity contribution is 0.477. The number of hydrogen-bond donors (Lipinski definition) is 1. The van der Waals surface area contributed by atoms with Crippen LogP contribution in [-0.2, 0) is 0 Å². The van der Waals surface area contributed by atoms with Gasteiger partial charge >= 0.3 is 23.1 Å². The van der Waals surface area contributed by atoms with Crippen molar-refractivity contribution in [2.45, 2.75) is 0 Å². The van der Waals surface area contributed by atoms with Gasteiger partial charge in [0.05, 0.1) is 4.47 Å². The van der Waals surface area contributed by atoms with Crippen LogP contribution in [0, 0.1) is 0 Å². The summed E-state index contributed by atoms with van der Waals surface area (Å²) in [5, 5.41) is 10.6. The molecular formula is C9H7Br2MgNO. The average Bonchev–Trinajstić information content (AvgIpc) is 2.15. The van der Waals surface area contributed by atoms with Gasteiger partial charge in [0.15, 0.2) is 5.75 Å². The second-order valence-corrected chi connectivity index (χ2v) is 4.30. The van der Waals surface area contributed by atoms with Crippen molar-refractivity contribution in [2.75, 3.05) is 0 Å². The van der Waals surface area contributed by atoms with Crippen LogP contribution in [0.4, 0.5) is 0 Å². The number of nitrogens with zero attached hydrogens (tertiary/aromatic N) is 1. The third-order valence-electron chi connectivity index (χ3n) is 1.77. The van der Waals surface area contributed by atoms with E-state index in [-0.39, 0.29) is 28.8 Å². The highest BCUT2D eigenvalue weighted by Gasteiger charge is 2.08. The molecule has 0 unspecified atom stereocenters. The van der Waals surface area contributed by atoms with Crippen LogP contribution in [0.25, 0.3) is 10.9 Å². The molecule has 2 aromatic rings. The number of hydrogen-bond acceptors (Lipinski definition) is 2. The fourth-order valence-electron chi connectivity index (χ4n) is 1.16.